The maximum Gasteiger partial charge on any atom is 0.260 e. The van der Waals surface area contributed by atoms with E-state index in [-0.39, 0.29) is 18.6 Å². The minimum Gasteiger partial charge on any atom is -0.484 e. The zero-order valence-electron chi connectivity index (χ0n) is 14.5. The van der Waals surface area contributed by atoms with Crippen LogP contribution in [0.25, 0.3) is 0 Å². The monoisotopic (exact) mass is 332 g/mol. The van der Waals surface area contributed by atoms with E-state index in [0.717, 1.165) is 57.7 Å². The van der Waals surface area contributed by atoms with Gasteiger partial charge in [0, 0.05) is 32.7 Å². The van der Waals surface area contributed by atoms with E-state index >= 15 is 0 Å². The summed E-state index contributed by atoms with van der Waals surface area (Å²) < 4.78 is 5.62. The van der Waals surface area contributed by atoms with E-state index in [2.05, 4.69) is 24.0 Å². The average Bonchev–Trinajstić information content (AvgIpc) is 3.12. The Balaban J connectivity index is 1.45. The van der Waals surface area contributed by atoms with Gasteiger partial charge >= 0.3 is 0 Å². The molecule has 3 rings (SSSR count). The molecule has 0 aliphatic carbocycles. The molecule has 0 unspecified atom stereocenters. The number of benzene rings is 1. The molecule has 1 aromatic rings. The van der Waals surface area contributed by atoms with Crippen molar-refractivity contribution in [2.45, 2.75) is 38.8 Å². The molecular formula is C19H28N2O3. The second kappa shape index (κ2) is 7.99. The van der Waals surface area contributed by atoms with Crippen molar-refractivity contribution >= 4 is 5.91 Å². The van der Waals surface area contributed by atoms with Gasteiger partial charge in [0.25, 0.3) is 5.91 Å². The summed E-state index contributed by atoms with van der Waals surface area (Å²) in [6, 6.07) is 8.00. The van der Waals surface area contributed by atoms with Crippen LogP contribution >= 0.6 is 0 Å². The fourth-order valence-electron chi connectivity index (χ4n) is 3.52. The van der Waals surface area contributed by atoms with Crippen LogP contribution < -0.4 is 4.74 Å². The lowest BCUT2D eigenvalue weighted by atomic mass is 9.96. The molecule has 2 aliphatic rings. The van der Waals surface area contributed by atoms with Gasteiger partial charge < -0.3 is 14.7 Å². The number of carbonyl (C=O) groups excluding carboxylic acids is 1. The molecule has 0 bridgehead atoms. The van der Waals surface area contributed by atoms with Crippen LogP contribution in [0.4, 0.5) is 0 Å². The molecular weight excluding hydrogens is 304 g/mol. The maximum atomic E-state index is 12.0. The zero-order chi connectivity index (χ0) is 16.9. The molecule has 0 saturated carbocycles. The fraction of sp³-hybridized carbons (Fsp3) is 0.632. The molecule has 2 atom stereocenters. The molecule has 2 fully saturated rings. The van der Waals surface area contributed by atoms with Crippen LogP contribution in [0.5, 0.6) is 5.75 Å². The number of rotatable bonds is 5. The number of ether oxygens (including phenoxy) is 1. The van der Waals surface area contributed by atoms with E-state index < -0.39 is 0 Å². The number of carbonyl (C=O) groups is 1. The van der Waals surface area contributed by atoms with Gasteiger partial charge in [-0.15, -0.1) is 0 Å². The molecule has 2 aliphatic heterocycles. The third kappa shape index (κ3) is 4.48. The van der Waals surface area contributed by atoms with Crippen LogP contribution in [0.15, 0.2) is 24.3 Å². The van der Waals surface area contributed by atoms with Gasteiger partial charge in [0.05, 0.1) is 6.10 Å². The normalized spacial score (nSPS) is 25.0. The maximum absolute atomic E-state index is 12.0. The second-order valence-corrected chi connectivity index (χ2v) is 7.09. The summed E-state index contributed by atoms with van der Waals surface area (Å²) in [5, 5.41) is 9.81. The number of hydrogen-bond acceptors (Lipinski definition) is 4. The highest BCUT2D eigenvalue weighted by molar-refractivity contribution is 5.78. The van der Waals surface area contributed by atoms with Crippen LogP contribution in [-0.4, -0.2) is 59.7 Å². The average molecular weight is 332 g/mol. The summed E-state index contributed by atoms with van der Waals surface area (Å²) in [6.45, 7) is 6.72. The van der Waals surface area contributed by atoms with Crippen molar-refractivity contribution in [3.8, 4) is 5.75 Å². The summed E-state index contributed by atoms with van der Waals surface area (Å²) in [7, 11) is 0. The molecule has 0 spiro atoms. The lowest BCUT2D eigenvalue weighted by molar-refractivity contribution is -0.132. The van der Waals surface area contributed by atoms with Crippen LogP contribution in [0.2, 0.25) is 0 Å². The first-order valence-corrected chi connectivity index (χ1v) is 9.02. The summed E-state index contributed by atoms with van der Waals surface area (Å²) >= 11 is 0. The molecule has 24 heavy (non-hydrogen) atoms. The van der Waals surface area contributed by atoms with Crippen molar-refractivity contribution in [1.82, 2.24) is 9.80 Å². The van der Waals surface area contributed by atoms with Crippen molar-refractivity contribution in [1.29, 1.82) is 0 Å². The Morgan fingerprint density at radius 3 is 2.58 bits per heavy atom. The summed E-state index contributed by atoms with van der Waals surface area (Å²) in [5.74, 6) is 1.16. The molecule has 132 valence electrons. The third-order valence-electron chi connectivity index (χ3n) is 5.09. The van der Waals surface area contributed by atoms with Crippen molar-refractivity contribution in [2.24, 2.45) is 5.92 Å². The Hall–Kier alpha value is -1.59. The Labute approximate surface area is 144 Å². The van der Waals surface area contributed by atoms with Gasteiger partial charge in [-0.3, -0.25) is 9.69 Å². The predicted molar refractivity (Wildman–Crippen MR) is 92.8 cm³/mol. The number of aliphatic hydroxyl groups is 1. The van der Waals surface area contributed by atoms with Crippen molar-refractivity contribution in [3.05, 3.63) is 29.8 Å². The fourth-order valence-corrected chi connectivity index (χ4v) is 3.52. The Morgan fingerprint density at radius 2 is 1.92 bits per heavy atom. The van der Waals surface area contributed by atoms with Crippen LogP contribution in [0.3, 0.4) is 0 Å². The van der Waals surface area contributed by atoms with Gasteiger partial charge in [-0.25, -0.2) is 0 Å². The van der Waals surface area contributed by atoms with E-state index in [4.69, 9.17) is 4.74 Å². The molecule has 1 aromatic carbocycles. The number of nitrogens with zero attached hydrogens (tertiary/aromatic N) is 2. The molecule has 2 saturated heterocycles. The second-order valence-electron chi connectivity index (χ2n) is 7.09. The first kappa shape index (κ1) is 17.2. The summed E-state index contributed by atoms with van der Waals surface area (Å²) in [5.41, 5.74) is 1.23. The highest BCUT2D eigenvalue weighted by Crippen LogP contribution is 2.20. The smallest absolute Gasteiger partial charge is 0.260 e. The first-order chi connectivity index (χ1) is 11.6. The largest absolute Gasteiger partial charge is 0.484 e. The highest BCUT2D eigenvalue weighted by atomic mass is 16.5. The zero-order valence-corrected chi connectivity index (χ0v) is 14.5. The number of aliphatic hydroxyl groups excluding tert-OH is 1. The SMILES string of the molecule is C[C@@H]1CN(Cc2ccc(OCC(=O)N3CCCC3)cc2)CC[C@@H]1O. The van der Waals surface area contributed by atoms with E-state index in [1.54, 1.807) is 0 Å². The lowest BCUT2D eigenvalue weighted by Gasteiger charge is -2.34. The molecule has 5 heteroatoms. The van der Waals surface area contributed by atoms with Gasteiger partial charge in [0.1, 0.15) is 5.75 Å². The number of likely N-dealkylation sites (tertiary alicyclic amines) is 2. The molecule has 2 heterocycles. The van der Waals surface area contributed by atoms with Crippen LogP contribution in [-0.2, 0) is 11.3 Å². The van der Waals surface area contributed by atoms with Crippen molar-refractivity contribution in [2.75, 3.05) is 32.8 Å². The Bertz CT molecular complexity index is 540. The van der Waals surface area contributed by atoms with Gasteiger partial charge in [-0.1, -0.05) is 19.1 Å². The quantitative estimate of drug-likeness (QED) is 0.895. The van der Waals surface area contributed by atoms with Crippen molar-refractivity contribution in [3.63, 3.8) is 0 Å². The van der Waals surface area contributed by atoms with E-state index in [1.807, 2.05) is 17.0 Å². The summed E-state index contributed by atoms with van der Waals surface area (Å²) in [4.78, 5) is 16.2. The van der Waals surface area contributed by atoms with Crippen molar-refractivity contribution < 1.29 is 14.6 Å². The number of hydrogen-bond donors (Lipinski definition) is 1. The molecule has 0 radical (unpaired) electrons. The molecule has 1 N–H and O–H groups in total. The van der Waals surface area contributed by atoms with E-state index in [1.165, 1.54) is 5.56 Å². The Kier molecular flexibility index (Phi) is 5.74. The van der Waals surface area contributed by atoms with Gasteiger partial charge in [0.2, 0.25) is 0 Å². The van der Waals surface area contributed by atoms with Gasteiger partial charge in [-0.2, -0.15) is 0 Å². The van der Waals surface area contributed by atoms with Gasteiger partial charge in [0.15, 0.2) is 6.61 Å². The van der Waals surface area contributed by atoms with Crippen LogP contribution in [0.1, 0.15) is 31.7 Å². The predicted octanol–water partition coefficient (Wildman–Crippen LogP) is 1.89. The topological polar surface area (TPSA) is 53.0 Å². The number of amides is 1. The van der Waals surface area contributed by atoms with Crippen LogP contribution in [0, 0.1) is 5.92 Å². The molecule has 0 aromatic heterocycles. The van der Waals surface area contributed by atoms with E-state index in [9.17, 15) is 9.90 Å². The first-order valence-electron chi connectivity index (χ1n) is 9.02. The molecule has 1 amide bonds. The molecule has 5 nitrogen and oxygen atoms in total. The lowest BCUT2D eigenvalue weighted by Crippen LogP contribution is -2.41. The minimum atomic E-state index is -0.162. The summed E-state index contributed by atoms with van der Waals surface area (Å²) in [6.07, 6.45) is 2.89. The highest BCUT2D eigenvalue weighted by Gasteiger charge is 2.24. The van der Waals surface area contributed by atoms with E-state index in [0.29, 0.717) is 5.92 Å². The third-order valence-corrected chi connectivity index (χ3v) is 5.09. The Morgan fingerprint density at radius 1 is 1.21 bits per heavy atom. The minimum absolute atomic E-state index is 0.0810. The van der Waals surface area contributed by atoms with Gasteiger partial charge in [-0.05, 0) is 42.9 Å². The standard InChI is InChI=1S/C19H28N2O3/c1-15-12-20(11-8-18(15)22)13-16-4-6-17(7-5-16)24-14-19(23)21-9-2-3-10-21/h4-7,15,18,22H,2-3,8-14H2,1H3/t15-,18+/m1/s1. The number of piperidine rings is 1.